The van der Waals surface area contributed by atoms with Crippen molar-refractivity contribution in [3.8, 4) is 0 Å². The molecule has 2 heterocycles. The number of benzene rings is 1. The van der Waals surface area contributed by atoms with Crippen molar-refractivity contribution in [3.05, 3.63) is 35.4 Å². The van der Waals surface area contributed by atoms with E-state index >= 15 is 0 Å². The zero-order valence-corrected chi connectivity index (χ0v) is 15.1. The van der Waals surface area contributed by atoms with Crippen molar-refractivity contribution in [2.75, 3.05) is 13.1 Å². The molecule has 0 N–H and O–H groups in total. The summed E-state index contributed by atoms with van der Waals surface area (Å²) < 4.78 is 16.1. The molecule has 0 radical (unpaired) electrons. The molecule has 140 valence electrons. The van der Waals surface area contributed by atoms with Crippen molar-refractivity contribution in [2.45, 2.75) is 51.6 Å². The normalized spacial score (nSPS) is 26.5. The van der Waals surface area contributed by atoms with Gasteiger partial charge in [-0.15, -0.1) is 0 Å². The van der Waals surface area contributed by atoms with E-state index in [0.717, 1.165) is 5.56 Å². The van der Waals surface area contributed by atoms with Gasteiger partial charge in [-0.05, 0) is 32.4 Å². The van der Waals surface area contributed by atoms with Gasteiger partial charge in [0, 0.05) is 19.5 Å². The lowest BCUT2D eigenvalue weighted by atomic mass is 9.99. The average molecular weight is 361 g/mol. The number of amides is 1. The Labute approximate surface area is 152 Å². The molecule has 4 atom stereocenters. The van der Waals surface area contributed by atoms with Crippen LogP contribution in [0.4, 0.5) is 0 Å². The van der Waals surface area contributed by atoms with Crippen LogP contribution in [-0.4, -0.2) is 60.3 Å². The Morgan fingerprint density at radius 2 is 1.85 bits per heavy atom. The van der Waals surface area contributed by atoms with Crippen molar-refractivity contribution in [1.29, 1.82) is 0 Å². The second-order valence-corrected chi connectivity index (χ2v) is 6.83. The summed E-state index contributed by atoms with van der Waals surface area (Å²) in [6, 6.07) is 6.98. The first kappa shape index (κ1) is 18.4. The van der Waals surface area contributed by atoms with Crippen LogP contribution in [0.3, 0.4) is 0 Å². The number of carbonyl (C=O) groups is 3. The molecule has 0 aromatic heterocycles. The number of hydrogen-bond donors (Lipinski definition) is 0. The summed E-state index contributed by atoms with van der Waals surface area (Å²) in [4.78, 5) is 38.6. The van der Waals surface area contributed by atoms with Gasteiger partial charge in [0.05, 0.1) is 17.8 Å². The summed E-state index contributed by atoms with van der Waals surface area (Å²) in [5, 5.41) is 0. The summed E-state index contributed by atoms with van der Waals surface area (Å²) >= 11 is 0. The molecule has 0 bridgehead atoms. The molecule has 1 aromatic carbocycles. The van der Waals surface area contributed by atoms with Gasteiger partial charge in [0.2, 0.25) is 6.10 Å². The van der Waals surface area contributed by atoms with Gasteiger partial charge < -0.3 is 19.1 Å². The van der Waals surface area contributed by atoms with Crippen LogP contribution in [0.2, 0.25) is 0 Å². The van der Waals surface area contributed by atoms with E-state index in [1.807, 2.05) is 13.8 Å². The van der Waals surface area contributed by atoms with Crippen LogP contribution < -0.4 is 0 Å². The number of carbonyl (C=O) groups excluding carboxylic acids is 3. The van der Waals surface area contributed by atoms with Crippen LogP contribution in [0.25, 0.3) is 0 Å². The SMILES string of the molecule is C[C@@H]1CN(C(=O)[C@H](C)OC(=O)[C@@H]2Cc3ccccc3C(=O)O2)C[C@@H](C)O1. The smallest absolute Gasteiger partial charge is 0.348 e. The number of rotatable bonds is 3. The van der Waals surface area contributed by atoms with Crippen molar-refractivity contribution in [3.63, 3.8) is 0 Å². The summed E-state index contributed by atoms with van der Waals surface area (Å²) in [5.41, 5.74) is 1.19. The second kappa shape index (κ2) is 7.45. The van der Waals surface area contributed by atoms with E-state index in [2.05, 4.69) is 0 Å². The standard InChI is InChI=1S/C19H23NO6/c1-11-9-20(10-12(2)24-11)17(21)13(3)25-19(23)16-8-14-6-4-5-7-15(14)18(22)26-16/h4-7,11-13,16H,8-10H2,1-3H3/t11-,12-,13+,16+/m1/s1. The molecule has 7 nitrogen and oxygen atoms in total. The summed E-state index contributed by atoms with van der Waals surface area (Å²) in [5.74, 6) is -1.53. The average Bonchev–Trinajstić information content (AvgIpc) is 2.60. The number of nitrogens with zero attached hydrogens (tertiary/aromatic N) is 1. The molecule has 0 aliphatic carbocycles. The Balaban J connectivity index is 1.61. The fourth-order valence-corrected chi connectivity index (χ4v) is 3.38. The summed E-state index contributed by atoms with van der Waals surface area (Å²) in [6.45, 7) is 6.23. The van der Waals surface area contributed by atoms with Crippen LogP contribution in [0, 0.1) is 0 Å². The molecule has 7 heteroatoms. The third-order valence-corrected chi connectivity index (χ3v) is 4.53. The van der Waals surface area contributed by atoms with Crippen LogP contribution in [0.5, 0.6) is 0 Å². The Hall–Kier alpha value is -2.41. The molecule has 0 unspecified atom stereocenters. The van der Waals surface area contributed by atoms with Gasteiger partial charge in [-0.3, -0.25) is 4.79 Å². The van der Waals surface area contributed by atoms with Gasteiger partial charge in [-0.2, -0.15) is 0 Å². The Bertz CT molecular complexity index is 708. The van der Waals surface area contributed by atoms with Gasteiger partial charge in [0.15, 0.2) is 6.10 Å². The number of hydrogen-bond acceptors (Lipinski definition) is 6. The third kappa shape index (κ3) is 3.88. The van der Waals surface area contributed by atoms with Gasteiger partial charge in [-0.25, -0.2) is 9.59 Å². The van der Waals surface area contributed by atoms with E-state index in [-0.39, 0.29) is 24.5 Å². The molecule has 1 aromatic rings. The predicted octanol–water partition coefficient (Wildman–Crippen LogP) is 1.34. The topological polar surface area (TPSA) is 82.1 Å². The summed E-state index contributed by atoms with van der Waals surface area (Å²) in [7, 11) is 0. The van der Waals surface area contributed by atoms with Crippen LogP contribution in [-0.2, 0) is 30.2 Å². The second-order valence-electron chi connectivity index (χ2n) is 6.83. The van der Waals surface area contributed by atoms with E-state index < -0.39 is 24.1 Å². The molecule has 2 aliphatic heterocycles. The van der Waals surface area contributed by atoms with Gasteiger partial charge in [-0.1, -0.05) is 18.2 Å². The number of esters is 2. The first-order chi connectivity index (χ1) is 12.3. The monoisotopic (exact) mass is 361 g/mol. The molecular formula is C19H23NO6. The highest BCUT2D eigenvalue weighted by atomic mass is 16.6. The summed E-state index contributed by atoms with van der Waals surface area (Å²) in [6.07, 6.45) is -1.87. The molecule has 1 fully saturated rings. The predicted molar refractivity (Wildman–Crippen MR) is 91.5 cm³/mol. The molecule has 0 saturated carbocycles. The van der Waals surface area contributed by atoms with Gasteiger partial charge in [0.1, 0.15) is 0 Å². The number of cyclic esters (lactones) is 1. The lowest BCUT2D eigenvalue weighted by Gasteiger charge is -2.36. The Kier molecular flexibility index (Phi) is 5.27. The van der Waals surface area contributed by atoms with E-state index in [0.29, 0.717) is 18.7 Å². The molecule has 1 amide bonds. The maximum atomic E-state index is 12.6. The van der Waals surface area contributed by atoms with E-state index in [4.69, 9.17) is 14.2 Å². The third-order valence-electron chi connectivity index (χ3n) is 4.53. The minimum Gasteiger partial charge on any atom is -0.450 e. The van der Waals surface area contributed by atoms with Crippen LogP contribution >= 0.6 is 0 Å². The largest absolute Gasteiger partial charge is 0.450 e. The minimum absolute atomic E-state index is 0.0681. The zero-order valence-electron chi connectivity index (χ0n) is 15.1. The van der Waals surface area contributed by atoms with E-state index in [1.165, 1.54) is 6.92 Å². The van der Waals surface area contributed by atoms with Crippen molar-refractivity contribution < 1.29 is 28.6 Å². The van der Waals surface area contributed by atoms with Crippen LogP contribution in [0.15, 0.2) is 24.3 Å². The maximum Gasteiger partial charge on any atom is 0.348 e. The Morgan fingerprint density at radius 1 is 1.19 bits per heavy atom. The van der Waals surface area contributed by atoms with E-state index in [1.54, 1.807) is 29.2 Å². The lowest BCUT2D eigenvalue weighted by Crippen LogP contribution is -2.52. The molecule has 3 rings (SSSR count). The van der Waals surface area contributed by atoms with Crippen molar-refractivity contribution in [1.82, 2.24) is 4.90 Å². The van der Waals surface area contributed by atoms with E-state index in [9.17, 15) is 14.4 Å². The van der Waals surface area contributed by atoms with Gasteiger partial charge >= 0.3 is 11.9 Å². The fourth-order valence-electron chi connectivity index (χ4n) is 3.38. The van der Waals surface area contributed by atoms with Crippen LogP contribution in [0.1, 0.15) is 36.7 Å². The molecule has 0 spiro atoms. The molecule has 1 saturated heterocycles. The Morgan fingerprint density at radius 3 is 2.54 bits per heavy atom. The van der Waals surface area contributed by atoms with Gasteiger partial charge in [0.25, 0.3) is 5.91 Å². The lowest BCUT2D eigenvalue weighted by molar-refractivity contribution is -0.170. The number of ether oxygens (including phenoxy) is 3. The zero-order chi connectivity index (χ0) is 18.8. The highest BCUT2D eigenvalue weighted by Crippen LogP contribution is 2.22. The first-order valence-corrected chi connectivity index (χ1v) is 8.78. The highest BCUT2D eigenvalue weighted by molar-refractivity contribution is 5.95. The molecular weight excluding hydrogens is 338 g/mol. The van der Waals surface area contributed by atoms with Crippen molar-refractivity contribution >= 4 is 17.8 Å². The minimum atomic E-state index is -1.03. The number of morpholine rings is 1. The quantitative estimate of drug-likeness (QED) is 0.756. The number of fused-ring (bicyclic) bond motifs is 1. The fraction of sp³-hybridized carbons (Fsp3) is 0.526. The van der Waals surface area contributed by atoms with Crippen molar-refractivity contribution in [2.24, 2.45) is 0 Å². The molecule has 26 heavy (non-hydrogen) atoms. The maximum absolute atomic E-state index is 12.6. The molecule has 2 aliphatic rings. The highest BCUT2D eigenvalue weighted by Gasteiger charge is 2.35. The first-order valence-electron chi connectivity index (χ1n) is 8.78.